The molecule has 3 N–H and O–H groups in total. The van der Waals surface area contributed by atoms with Crippen LogP contribution in [0.15, 0.2) is 0 Å². The summed E-state index contributed by atoms with van der Waals surface area (Å²) in [6, 6.07) is -0.552. The molecule has 1 amide bonds. The molecule has 0 bridgehead atoms. The van der Waals surface area contributed by atoms with E-state index in [1.54, 1.807) is 0 Å². The van der Waals surface area contributed by atoms with Gasteiger partial charge in [-0.15, -0.1) is 0 Å². The van der Waals surface area contributed by atoms with Gasteiger partial charge in [-0.05, 0) is 25.7 Å². The maximum absolute atomic E-state index is 12.5. The van der Waals surface area contributed by atoms with Gasteiger partial charge in [0.15, 0.2) is 0 Å². The van der Waals surface area contributed by atoms with Gasteiger partial charge in [0.1, 0.15) is 0 Å². The second-order valence-corrected chi connectivity index (χ2v) is 20.7. The summed E-state index contributed by atoms with van der Waals surface area (Å²) in [5.74, 6) is -0.0498. The molecule has 0 spiro atoms. The van der Waals surface area contributed by atoms with E-state index in [1.807, 2.05) is 0 Å². The van der Waals surface area contributed by atoms with Crippen molar-refractivity contribution in [2.24, 2.45) is 0 Å². The fraction of sp³-hybridized carbons (Fsp3) is 0.966. The molecule has 6 nitrogen and oxygen atoms in total. The van der Waals surface area contributed by atoms with Crippen molar-refractivity contribution < 1.29 is 24.5 Å². The lowest BCUT2D eigenvalue weighted by molar-refractivity contribution is -0.143. The molecule has 0 saturated heterocycles. The van der Waals surface area contributed by atoms with Gasteiger partial charge in [0.2, 0.25) is 5.91 Å². The lowest BCUT2D eigenvalue weighted by atomic mass is 10.0. The first-order chi connectivity index (χ1) is 32.0. The van der Waals surface area contributed by atoms with Crippen molar-refractivity contribution in [2.75, 3.05) is 13.2 Å². The van der Waals surface area contributed by atoms with Crippen LogP contribution in [-0.2, 0) is 14.3 Å². The maximum atomic E-state index is 12.5. The predicted molar refractivity (Wildman–Crippen MR) is 283 cm³/mol. The molecule has 0 saturated carbocycles. The SMILES string of the molecule is CCCCCCCCCCCCCCCCCCCCC(=O)OCCCCCCCCCCCCCCC(=O)NC(CO)C(O)CCCCCCCCCCCCCCCCCCCC. The van der Waals surface area contributed by atoms with Gasteiger partial charge in [0.05, 0.1) is 25.4 Å². The topological polar surface area (TPSA) is 95.9 Å². The number of rotatable bonds is 56. The standard InChI is InChI=1S/C59H117NO5/c1-3-5-7-9-11-13-15-17-19-21-23-25-27-31-35-39-43-47-51-57(62)56(55-61)60-58(63)52-48-44-40-36-32-29-30-34-38-42-46-50-54-65-59(64)53-49-45-41-37-33-28-26-24-22-20-18-16-14-12-10-8-6-4-2/h56-57,61-62H,3-55H2,1-2H3,(H,60,63). The summed E-state index contributed by atoms with van der Waals surface area (Å²) >= 11 is 0. The first kappa shape index (κ1) is 63.9. The minimum absolute atomic E-state index is 0.00348. The quantitative estimate of drug-likeness (QED) is 0.0417. The molecule has 0 radical (unpaired) electrons. The molecular weight excluding hydrogens is 803 g/mol. The van der Waals surface area contributed by atoms with Crippen LogP contribution in [0.4, 0.5) is 0 Å². The van der Waals surface area contributed by atoms with Gasteiger partial charge in [-0.2, -0.15) is 0 Å². The molecule has 2 unspecified atom stereocenters. The summed E-state index contributed by atoms with van der Waals surface area (Å²) in [5, 5.41) is 23.3. The van der Waals surface area contributed by atoms with E-state index in [0.717, 1.165) is 57.8 Å². The number of aliphatic hydroxyl groups is 2. The summed E-state index contributed by atoms with van der Waals surface area (Å²) in [6.07, 6.45) is 63.8. The van der Waals surface area contributed by atoms with Crippen molar-refractivity contribution in [1.29, 1.82) is 0 Å². The number of aliphatic hydroxyl groups excluding tert-OH is 2. The fourth-order valence-electron chi connectivity index (χ4n) is 9.58. The molecule has 0 aromatic rings. The third-order valence-electron chi connectivity index (χ3n) is 14.2. The molecule has 65 heavy (non-hydrogen) atoms. The maximum Gasteiger partial charge on any atom is 0.305 e. The zero-order valence-electron chi connectivity index (χ0n) is 44.3. The van der Waals surface area contributed by atoms with E-state index in [4.69, 9.17) is 4.74 Å². The average molecular weight is 921 g/mol. The summed E-state index contributed by atoms with van der Waals surface area (Å²) in [5.41, 5.74) is 0. The lowest BCUT2D eigenvalue weighted by Gasteiger charge is -2.22. The normalized spacial score (nSPS) is 12.5. The van der Waals surface area contributed by atoms with Crippen molar-refractivity contribution in [1.82, 2.24) is 5.32 Å². The molecule has 0 heterocycles. The van der Waals surface area contributed by atoms with Gasteiger partial charge in [0.25, 0.3) is 0 Å². The van der Waals surface area contributed by atoms with Gasteiger partial charge in [-0.25, -0.2) is 0 Å². The molecule has 0 aromatic heterocycles. The van der Waals surface area contributed by atoms with Crippen LogP contribution in [0.2, 0.25) is 0 Å². The lowest BCUT2D eigenvalue weighted by Crippen LogP contribution is -2.45. The van der Waals surface area contributed by atoms with E-state index in [1.165, 1.54) is 250 Å². The van der Waals surface area contributed by atoms with Crippen LogP contribution in [-0.4, -0.2) is 47.4 Å². The van der Waals surface area contributed by atoms with Crippen LogP contribution < -0.4 is 5.32 Å². The Morgan fingerprint density at radius 3 is 0.938 bits per heavy atom. The molecule has 0 aliphatic rings. The van der Waals surface area contributed by atoms with Gasteiger partial charge >= 0.3 is 5.97 Å². The van der Waals surface area contributed by atoms with Crippen LogP contribution in [0.5, 0.6) is 0 Å². The van der Waals surface area contributed by atoms with E-state index in [0.29, 0.717) is 25.9 Å². The highest BCUT2D eigenvalue weighted by molar-refractivity contribution is 5.76. The first-order valence-corrected chi connectivity index (χ1v) is 29.8. The highest BCUT2D eigenvalue weighted by atomic mass is 16.5. The predicted octanol–water partition coefficient (Wildman–Crippen LogP) is 18.3. The van der Waals surface area contributed by atoms with E-state index < -0.39 is 12.1 Å². The van der Waals surface area contributed by atoms with E-state index >= 15 is 0 Å². The molecule has 6 heteroatoms. The number of unbranched alkanes of at least 4 members (excludes halogenated alkanes) is 45. The Morgan fingerprint density at radius 2 is 0.631 bits per heavy atom. The van der Waals surface area contributed by atoms with Crippen LogP contribution >= 0.6 is 0 Å². The highest BCUT2D eigenvalue weighted by Crippen LogP contribution is 2.18. The Labute approximate surface area is 406 Å². The largest absolute Gasteiger partial charge is 0.466 e. The van der Waals surface area contributed by atoms with E-state index in [-0.39, 0.29) is 18.5 Å². The van der Waals surface area contributed by atoms with Crippen molar-refractivity contribution in [2.45, 2.75) is 353 Å². The van der Waals surface area contributed by atoms with E-state index in [2.05, 4.69) is 19.2 Å². The van der Waals surface area contributed by atoms with Crippen molar-refractivity contribution in [3.63, 3.8) is 0 Å². The minimum Gasteiger partial charge on any atom is -0.466 e. The average Bonchev–Trinajstić information content (AvgIpc) is 3.31. The van der Waals surface area contributed by atoms with Gasteiger partial charge in [-0.1, -0.05) is 303 Å². The van der Waals surface area contributed by atoms with Crippen LogP contribution in [0.25, 0.3) is 0 Å². The van der Waals surface area contributed by atoms with Crippen molar-refractivity contribution >= 4 is 11.9 Å². The van der Waals surface area contributed by atoms with E-state index in [9.17, 15) is 19.8 Å². The molecule has 0 aliphatic carbocycles. The zero-order valence-corrected chi connectivity index (χ0v) is 44.3. The summed E-state index contributed by atoms with van der Waals surface area (Å²) in [4.78, 5) is 24.6. The second kappa shape index (κ2) is 55.5. The van der Waals surface area contributed by atoms with Crippen LogP contribution in [0.3, 0.4) is 0 Å². The number of esters is 1. The van der Waals surface area contributed by atoms with Gasteiger partial charge in [0, 0.05) is 12.8 Å². The minimum atomic E-state index is -0.673. The van der Waals surface area contributed by atoms with Gasteiger partial charge < -0.3 is 20.3 Å². The smallest absolute Gasteiger partial charge is 0.305 e. The monoisotopic (exact) mass is 920 g/mol. The molecule has 0 rings (SSSR count). The van der Waals surface area contributed by atoms with Gasteiger partial charge in [-0.3, -0.25) is 9.59 Å². The number of hydrogen-bond donors (Lipinski definition) is 3. The Hall–Kier alpha value is -1.14. The number of carbonyl (C=O) groups is 2. The molecule has 0 aromatic carbocycles. The van der Waals surface area contributed by atoms with Crippen LogP contribution in [0.1, 0.15) is 341 Å². The Balaban J connectivity index is 3.42. The zero-order chi connectivity index (χ0) is 47.2. The Bertz CT molecular complexity index is 928. The summed E-state index contributed by atoms with van der Waals surface area (Å²) < 4.78 is 5.49. The molecule has 2 atom stereocenters. The Morgan fingerprint density at radius 1 is 0.369 bits per heavy atom. The number of amides is 1. The summed E-state index contributed by atoms with van der Waals surface area (Å²) in [6.45, 7) is 4.96. The molecule has 0 aliphatic heterocycles. The number of carbonyl (C=O) groups excluding carboxylic acids is 2. The fourth-order valence-corrected chi connectivity index (χ4v) is 9.58. The number of ether oxygens (including phenoxy) is 1. The molecule has 0 fully saturated rings. The molecule has 388 valence electrons. The summed E-state index contributed by atoms with van der Waals surface area (Å²) in [7, 11) is 0. The van der Waals surface area contributed by atoms with Crippen molar-refractivity contribution in [3.8, 4) is 0 Å². The Kier molecular flexibility index (Phi) is 54.5. The molecular formula is C59H117NO5. The second-order valence-electron chi connectivity index (χ2n) is 20.7. The third kappa shape index (κ3) is 52.1. The highest BCUT2D eigenvalue weighted by Gasteiger charge is 2.20. The third-order valence-corrected chi connectivity index (χ3v) is 14.2. The first-order valence-electron chi connectivity index (χ1n) is 29.8. The van der Waals surface area contributed by atoms with Crippen molar-refractivity contribution in [3.05, 3.63) is 0 Å². The number of nitrogens with one attached hydrogen (secondary N) is 1. The van der Waals surface area contributed by atoms with Crippen LogP contribution in [0, 0.1) is 0 Å². The number of hydrogen-bond acceptors (Lipinski definition) is 5.